The Hall–Kier alpha value is -1.51. The van der Waals surface area contributed by atoms with E-state index in [1.165, 1.54) is 10.9 Å². The fourth-order valence-electron chi connectivity index (χ4n) is 1.27. The van der Waals surface area contributed by atoms with Crippen molar-refractivity contribution < 1.29 is 19.7 Å². The molecule has 1 rings (SSSR count). The van der Waals surface area contributed by atoms with Gasteiger partial charge in [-0.15, -0.1) is 5.10 Å². The van der Waals surface area contributed by atoms with Gasteiger partial charge in [0.1, 0.15) is 0 Å². The summed E-state index contributed by atoms with van der Waals surface area (Å²) in [4.78, 5) is 10.5. The van der Waals surface area contributed by atoms with Crippen molar-refractivity contribution in [2.45, 2.75) is 12.6 Å². The summed E-state index contributed by atoms with van der Waals surface area (Å²) < 4.78 is 6.33. The fraction of sp³-hybridized carbons (Fsp3) is 0.667. The van der Waals surface area contributed by atoms with Crippen molar-refractivity contribution in [2.75, 3.05) is 26.9 Å². The molecule has 17 heavy (non-hydrogen) atoms. The summed E-state index contributed by atoms with van der Waals surface area (Å²) in [6.07, 6.45) is 1.36. The molecular formula is C9H16N4O4. The molecule has 1 aromatic rings. The summed E-state index contributed by atoms with van der Waals surface area (Å²) in [6, 6.07) is -0.137. The van der Waals surface area contributed by atoms with Crippen LogP contribution in [-0.2, 0) is 11.3 Å². The summed E-state index contributed by atoms with van der Waals surface area (Å²) in [7, 11) is 1.56. The maximum atomic E-state index is 10.5. The third kappa shape index (κ3) is 4.47. The molecule has 1 atom stereocenters. The highest BCUT2D eigenvalue weighted by Gasteiger charge is 2.09. The van der Waals surface area contributed by atoms with E-state index in [0.717, 1.165) is 0 Å². The number of hydrogen-bond acceptors (Lipinski definition) is 6. The van der Waals surface area contributed by atoms with E-state index in [-0.39, 0.29) is 18.3 Å². The number of carbonyl (C=O) groups is 1. The Balaban J connectivity index is 2.32. The van der Waals surface area contributed by atoms with Crippen LogP contribution in [0.5, 0.6) is 0 Å². The number of nitrogens with zero attached hydrogens (tertiary/aromatic N) is 3. The largest absolute Gasteiger partial charge is 0.476 e. The van der Waals surface area contributed by atoms with Gasteiger partial charge in [-0.25, -0.2) is 4.79 Å². The molecule has 1 aromatic heterocycles. The molecule has 96 valence electrons. The quantitative estimate of drug-likeness (QED) is 0.514. The Kier molecular flexibility index (Phi) is 5.53. The molecule has 0 aliphatic rings. The maximum Gasteiger partial charge on any atom is 0.358 e. The zero-order valence-electron chi connectivity index (χ0n) is 9.54. The van der Waals surface area contributed by atoms with Gasteiger partial charge in [-0.05, 0) is 0 Å². The van der Waals surface area contributed by atoms with Crippen LogP contribution in [0, 0.1) is 0 Å². The summed E-state index contributed by atoms with van der Waals surface area (Å²) in [5.41, 5.74) is -0.0828. The number of aliphatic hydroxyl groups excluding tert-OH is 1. The number of aromatic carboxylic acids is 1. The molecule has 1 heterocycles. The van der Waals surface area contributed by atoms with Crippen LogP contribution in [0.15, 0.2) is 6.20 Å². The SMILES string of the molecule is COCC(CO)NCCn1cc(C(=O)O)nn1. The van der Waals surface area contributed by atoms with Crippen molar-refractivity contribution in [1.82, 2.24) is 20.3 Å². The molecule has 3 N–H and O–H groups in total. The van der Waals surface area contributed by atoms with Gasteiger partial charge in [0.2, 0.25) is 0 Å². The highest BCUT2D eigenvalue weighted by Crippen LogP contribution is 1.92. The normalized spacial score (nSPS) is 12.6. The zero-order valence-corrected chi connectivity index (χ0v) is 9.54. The topological polar surface area (TPSA) is 110 Å². The Bertz CT molecular complexity index is 355. The van der Waals surface area contributed by atoms with Gasteiger partial charge in [-0.1, -0.05) is 5.21 Å². The number of hydrogen-bond donors (Lipinski definition) is 3. The number of ether oxygens (including phenoxy) is 1. The molecule has 0 saturated heterocycles. The minimum atomic E-state index is -1.10. The molecule has 0 fully saturated rings. The van der Waals surface area contributed by atoms with Crippen molar-refractivity contribution >= 4 is 5.97 Å². The third-order valence-electron chi connectivity index (χ3n) is 2.12. The van der Waals surface area contributed by atoms with Gasteiger partial charge in [-0.2, -0.15) is 0 Å². The summed E-state index contributed by atoms with van der Waals surface area (Å²) >= 11 is 0. The van der Waals surface area contributed by atoms with Crippen LogP contribution in [0.3, 0.4) is 0 Å². The van der Waals surface area contributed by atoms with E-state index < -0.39 is 5.97 Å². The fourth-order valence-corrected chi connectivity index (χ4v) is 1.27. The second-order valence-corrected chi connectivity index (χ2v) is 3.46. The van der Waals surface area contributed by atoms with E-state index in [1.807, 2.05) is 0 Å². The first-order valence-electron chi connectivity index (χ1n) is 5.14. The molecule has 8 nitrogen and oxygen atoms in total. The van der Waals surface area contributed by atoms with Crippen molar-refractivity contribution in [1.29, 1.82) is 0 Å². The smallest absolute Gasteiger partial charge is 0.358 e. The first-order valence-corrected chi connectivity index (χ1v) is 5.14. The number of carboxylic acids is 1. The Morgan fingerprint density at radius 1 is 1.71 bits per heavy atom. The van der Waals surface area contributed by atoms with Gasteiger partial charge in [-0.3, -0.25) is 4.68 Å². The number of nitrogens with one attached hydrogen (secondary N) is 1. The molecule has 0 amide bonds. The van der Waals surface area contributed by atoms with Crippen molar-refractivity contribution in [3.8, 4) is 0 Å². The van der Waals surface area contributed by atoms with Gasteiger partial charge in [0.25, 0.3) is 0 Å². The van der Waals surface area contributed by atoms with Crippen LogP contribution in [0.1, 0.15) is 10.5 Å². The van der Waals surface area contributed by atoms with Gasteiger partial charge >= 0.3 is 5.97 Å². The van der Waals surface area contributed by atoms with Crippen LogP contribution in [0.25, 0.3) is 0 Å². The molecule has 0 aliphatic heterocycles. The van der Waals surface area contributed by atoms with Crippen LogP contribution < -0.4 is 5.32 Å². The van der Waals surface area contributed by atoms with E-state index in [4.69, 9.17) is 14.9 Å². The van der Waals surface area contributed by atoms with E-state index in [2.05, 4.69) is 15.6 Å². The predicted molar refractivity (Wildman–Crippen MR) is 57.7 cm³/mol. The molecule has 0 aromatic carbocycles. The molecule has 8 heteroatoms. The minimum Gasteiger partial charge on any atom is -0.476 e. The Labute approximate surface area is 98.2 Å². The van der Waals surface area contributed by atoms with E-state index >= 15 is 0 Å². The first-order chi connectivity index (χ1) is 8.17. The first kappa shape index (κ1) is 13.6. The molecule has 0 aliphatic carbocycles. The van der Waals surface area contributed by atoms with Crippen LogP contribution in [-0.4, -0.2) is 64.1 Å². The lowest BCUT2D eigenvalue weighted by molar-refractivity contribution is 0.0690. The average Bonchev–Trinajstić information content (AvgIpc) is 2.77. The Morgan fingerprint density at radius 3 is 3.00 bits per heavy atom. The van der Waals surface area contributed by atoms with Crippen molar-refractivity contribution in [2.24, 2.45) is 0 Å². The molecule has 1 unspecified atom stereocenters. The predicted octanol–water partition coefficient (Wildman–Crippen LogP) is -1.43. The lowest BCUT2D eigenvalue weighted by Crippen LogP contribution is -2.38. The highest BCUT2D eigenvalue weighted by atomic mass is 16.5. The second kappa shape index (κ2) is 6.94. The highest BCUT2D eigenvalue weighted by molar-refractivity contribution is 5.84. The molecule has 0 bridgehead atoms. The van der Waals surface area contributed by atoms with Gasteiger partial charge < -0.3 is 20.3 Å². The maximum absolute atomic E-state index is 10.5. The minimum absolute atomic E-state index is 0.0222. The average molecular weight is 244 g/mol. The number of methoxy groups -OCH3 is 1. The van der Waals surface area contributed by atoms with E-state index in [1.54, 1.807) is 7.11 Å². The number of carboxylic acid groups (broad SMARTS) is 1. The number of aromatic nitrogens is 3. The molecule has 0 saturated carbocycles. The van der Waals surface area contributed by atoms with E-state index in [0.29, 0.717) is 19.7 Å². The number of rotatable bonds is 8. The van der Waals surface area contributed by atoms with Crippen molar-refractivity contribution in [3.05, 3.63) is 11.9 Å². The number of aliphatic hydroxyl groups is 1. The van der Waals surface area contributed by atoms with Crippen LogP contribution in [0.2, 0.25) is 0 Å². The Morgan fingerprint density at radius 2 is 2.47 bits per heavy atom. The van der Waals surface area contributed by atoms with Crippen molar-refractivity contribution in [3.63, 3.8) is 0 Å². The summed E-state index contributed by atoms with van der Waals surface area (Å²) in [6.45, 7) is 1.40. The van der Waals surface area contributed by atoms with Gasteiger partial charge in [0.05, 0.1) is 32.0 Å². The van der Waals surface area contributed by atoms with Crippen LogP contribution >= 0.6 is 0 Å². The third-order valence-corrected chi connectivity index (χ3v) is 2.12. The lowest BCUT2D eigenvalue weighted by Gasteiger charge is -2.14. The monoisotopic (exact) mass is 244 g/mol. The summed E-state index contributed by atoms with van der Waals surface area (Å²) in [5.74, 6) is -1.10. The summed E-state index contributed by atoms with van der Waals surface area (Å²) in [5, 5.41) is 27.8. The van der Waals surface area contributed by atoms with Gasteiger partial charge in [0.15, 0.2) is 5.69 Å². The van der Waals surface area contributed by atoms with Gasteiger partial charge in [0, 0.05) is 13.7 Å². The molecule has 0 radical (unpaired) electrons. The lowest BCUT2D eigenvalue weighted by atomic mass is 10.3. The molecule has 0 spiro atoms. The van der Waals surface area contributed by atoms with Crippen LogP contribution in [0.4, 0.5) is 0 Å². The second-order valence-electron chi connectivity index (χ2n) is 3.46. The standard InChI is InChI=1S/C9H16N4O4/c1-17-6-7(5-14)10-2-3-13-4-8(9(15)16)11-12-13/h4,7,10,14H,2-3,5-6H2,1H3,(H,15,16). The molecular weight excluding hydrogens is 228 g/mol. The van der Waals surface area contributed by atoms with E-state index in [9.17, 15) is 4.79 Å². The zero-order chi connectivity index (χ0) is 12.7.